The van der Waals surface area contributed by atoms with Crippen molar-refractivity contribution in [3.63, 3.8) is 0 Å². The molecule has 1 aliphatic rings. The van der Waals surface area contributed by atoms with Gasteiger partial charge in [0.2, 0.25) is 0 Å². The van der Waals surface area contributed by atoms with Crippen molar-refractivity contribution in [2.75, 3.05) is 14.2 Å². The van der Waals surface area contributed by atoms with Crippen molar-refractivity contribution >= 4 is 6.03 Å². The molecule has 1 atom stereocenters. The minimum Gasteiger partial charge on any atom is -0.497 e. The second kappa shape index (κ2) is 7.99. The Morgan fingerprint density at radius 3 is 2.46 bits per heavy atom. The number of nitro groups is 1. The van der Waals surface area contributed by atoms with Gasteiger partial charge in [0.05, 0.1) is 31.4 Å². The quantitative estimate of drug-likeness (QED) is 0.609. The second-order valence-corrected chi connectivity index (χ2v) is 6.29. The summed E-state index contributed by atoms with van der Waals surface area (Å²) in [6, 6.07) is 12.9. The third-order valence-corrected chi connectivity index (χ3v) is 4.69. The number of nitrogens with one attached hydrogen (secondary N) is 1. The van der Waals surface area contributed by atoms with Crippen LogP contribution >= 0.6 is 0 Å². The molecular formula is C20H21N3O5. The second-order valence-electron chi connectivity index (χ2n) is 6.29. The van der Waals surface area contributed by atoms with E-state index in [1.54, 1.807) is 25.1 Å². The Bertz CT molecular complexity index is 927. The van der Waals surface area contributed by atoms with Gasteiger partial charge in [-0.25, -0.2) is 4.79 Å². The van der Waals surface area contributed by atoms with E-state index in [4.69, 9.17) is 9.47 Å². The molecule has 0 saturated heterocycles. The van der Waals surface area contributed by atoms with E-state index in [2.05, 4.69) is 5.32 Å². The zero-order valence-corrected chi connectivity index (χ0v) is 15.8. The van der Waals surface area contributed by atoms with Crippen LogP contribution in [0.4, 0.5) is 4.79 Å². The number of nitrogens with zero attached hydrogens (tertiary/aromatic N) is 2. The van der Waals surface area contributed by atoms with E-state index in [1.165, 1.54) is 19.1 Å². The van der Waals surface area contributed by atoms with Crippen LogP contribution in [0.1, 0.15) is 24.1 Å². The van der Waals surface area contributed by atoms with Gasteiger partial charge in [0.15, 0.2) is 6.04 Å². The Hall–Kier alpha value is -3.55. The van der Waals surface area contributed by atoms with Gasteiger partial charge in [-0.2, -0.15) is 0 Å². The van der Waals surface area contributed by atoms with Gasteiger partial charge in [0.25, 0.3) is 5.70 Å². The summed E-state index contributed by atoms with van der Waals surface area (Å²) < 4.78 is 10.5. The van der Waals surface area contributed by atoms with Crippen molar-refractivity contribution in [2.24, 2.45) is 0 Å². The average Bonchev–Trinajstić information content (AvgIpc) is 2.70. The molecule has 0 aliphatic carbocycles. The summed E-state index contributed by atoms with van der Waals surface area (Å²) in [5, 5.41) is 14.6. The molecule has 2 amide bonds. The zero-order chi connectivity index (χ0) is 20.3. The van der Waals surface area contributed by atoms with Crippen molar-refractivity contribution in [3.05, 3.63) is 81.2 Å². The number of carbonyl (C=O) groups is 1. The van der Waals surface area contributed by atoms with Crippen LogP contribution in [0.5, 0.6) is 11.5 Å². The Labute approximate surface area is 162 Å². The molecule has 0 aromatic heterocycles. The predicted octanol–water partition coefficient (Wildman–Crippen LogP) is 3.48. The third kappa shape index (κ3) is 3.62. The van der Waals surface area contributed by atoms with Crippen LogP contribution in [0.3, 0.4) is 0 Å². The van der Waals surface area contributed by atoms with E-state index in [9.17, 15) is 14.9 Å². The summed E-state index contributed by atoms with van der Waals surface area (Å²) in [4.78, 5) is 25.6. The molecule has 1 aliphatic heterocycles. The molecule has 3 rings (SSSR count). The van der Waals surface area contributed by atoms with Crippen molar-refractivity contribution < 1.29 is 19.2 Å². The monoisotopic (exact) mass is 383 g/mol. The summed E-state index contributed by atoms with van der Waals surface area (Å²) >= 11 is 0. The van der Waals surface area contributed by atoms with Gasteiger partial charge in [-0.3, -0.25) is 15.0 Å². The van der Waals surface area contributed by atoms with Gasteiger partial charge in [-0.05, 0) is 24.6 Å². The Balaban J connectivity index is 2.05. The van der Waals surface area contributed by atoms with Gasteiger partial charge in [-0.15, -0.1) is 0 Å². The molecule has 146 valence electrons. The van der Waals surface area contributed by atoms with E-state index < -0.39 is 17.0 Å². The predicted molar refractivity (Wildman–Crippen MR) is 102 cm³/mol. The Kier molecular flexibility index (Phi) is 5.49. The maximum atomic E-state index is 12.8. The van der Waals surface area contributed by atoms with Crippen LogP contribution in [0.25, 0.3) is 0 Å². The Morgan fingerprint density at radius 1 is 1.14 bits per heavy atom. The highest BCUT2D eigenvalue weighted by Crippen LogP contribution is 2.37. The number of carbonyl (C=O) groups excluding carboxylic acids is 1. The lowest BCUT2D eigenvalue weighted by atomic mass is 9.99. The summed E-state index contributed by atoms with van der Waals surface area (Å²) in [5.74, 6) is 0.949. The topological polar surface area (TPSA) is 93.9 Å². The molecule has 0 bridgehead atoms. The van der Waals surface area contributed by atoms with E-state index in [-0.39, 0.29) is 12.2 Å². The largest absolute Gasteiger partial charge is 0.497 e. The molecule has 2 aromatic carbocycles. The van der Waals surface area contributed by atoms with E-state index in [0.29, 0.717) is 22.8 Å². The molecule has 1 N–H and O–H groups in total. The molecule has 0 spiro atoms. The van der Waals surface area contributed by atoms with Gasteiger partial charge < -0.3 is 14.8 Å². The summed E-state index contributed by atoms with van der Waals surface area (Å²) in [6.45, 7) is 1.82. The number of benzene rings is 2. The number of methoxy groups -OCH3 is 2. The summed E-state index contributed by atoms with van der Waals surface area (Å²) in [7, 11) is 2.98. The highest BCUT2D eigenvalue weighted by molar-refractivity contribution is 5.79. The highest BCUT2D eigenvalue weighted by Gasteiger charge is 2.40. The minimum atomic E-state index is -0.935. The fourth-order valence-corrected chi connectivity index (χ4v) is 3.25. The fourth-order valence-electron chi connectivity index (χ4n) is 3.25. The maximum absolute atomic E-state index is 12.8. The van der Waals surface area contributed by atoms with Crippen LogP contribution < -0.4 is 14.8 Å². The SMILES string of the molecule is COc1ccc(C2NC(=O)N(Cc3ccccc3)C(C)=C2[N+](=O)[O-])c(OC)c1. The van der Waals surface area contributed by atoms with Crippen molar-refractivity contribution in [1.82, 2.24) is 10.2 Å². The molecule has 8 heteroatoms. The van der Waals surface area contributed by atoms with Crippen LogP contribution in [-0.2, 0) is 6.54 Å². The lowest BCUT2D eigenvalue weighted by Gasteiger charge is -2.32. The summed E-state index contributed by atoms with van der Waals surface area (Å²) in [5.41, 5.74) is 1.56. The maximum Gasteiger partial charge on any atom is 0.323 e. The van der Waals surface area contributed by atoms with E-state index >= 15 is 0 Å². The van der Waals surface area contributed by atoms with Crippen molar-refractivity contribution in [1.29, 1.82) is 0 Å². The number of hydrogen-bond donors (Lipinski definition) is 1. The molecule has 8 nitrogen and oxygen atoms in total. The molecule has 28 heavy (non-hydrogen) atoms. The van der Waals surface area contributed by atoms with Crippen molar-refractivity contribution in [3.8, 4) is 11.5 Å². The van der Waals surface area contributed by atoms with Crippen LogP contribution in [0, 0.1) is 10.1 Å². The van der Waals surface area contributed by atoms with E-state index in [1.807, 2.05) is 30.3 Å². The number of amides is 2. The van der Waals surface area contributed by atoms with Crippen molar-refractivity contribution in [2.45, 2.75) is 19.5 Å². The van der Waals surface area contributed by atoms with Crippen LogP contribution in [-0.4, -0.2) is 30.1 Å². The number of rotatable bonds is 6. The number of ether oxygens (including phenoxy) is 2. The smallest absolute Gasteiger partial charge is 0.323 e. The highest BCUT2D eigenvalue weighted by atomic mass is 16.6. The van der Waals surface area contributed by atoms with Gasteiger partial charge >= 0.3 is 6.03 Å². The van der Waals surface area contributed by atoms with Gasteiger partial charge in [0.1, 0.15) is 11.5 Å². The van der Waals surface area contributed by atoms with Gasteiger partial charge in [0, 0.05) is 11.6 Å². The van der Waals surface area contributed by atoms with Gasteiger partial charge in [-0.1, -0.05) is 30.3 Å². The summed E-state index contributed by atoms with van der Waals surface area (Å²) in [6.07, 6.45) is 0. The number of hydrogen-bond acceptors (Lipinski definition) is 5. The average molecular weight is 383 g/mol. The molecule has 0 radical (unpaired) electrons. The van der Waals surface area contributed by atoms with E-state index in [0.717, 1.165) is 5.56 Å². The van der Waals surface area contributed by atoms with Crippen LogP contribution in [0.2, 0.25) is 0 Å². The lowest BCUT2D eigenvalue weighted by molar-refractivity contribution is -0.433. The molecular weight excluding hydrogens is 362 g/mol. The zero-order valence-electron chi connectivity index (χ0n) is 15.8. The third-order valence-electron chi connectivity index (χ3n) is 4.69. The fraction of sp³-hybridized carbons (Fsp3) is 0.250. The molecule has 0 fully saturated rings. The normalized spacial score (nSPS) is 16.6. The molecule has 1 heterocycles. The first-order chi connectivity index (χ1) is 13.5. The Morgan fingerprint density at radius 2 is 1.86 bits per heavy atom. The first-order valence-corrected chi connectivity index (χ1v) is 8.65. The number of urea groups is 1. The first kappa shape index (κ1) is 19.2. The molecule has 1 unspecified atom stereocenters. The molecule has 0 saturated carbocycles. The number of allylic oxidation sites excluding steroid dienone is 1. The lowest BCUT2D eigenvalue weighted by Crippen LogP contribution is -2.47. The first-order valence-electron chi connectivity index (χ1n) is 8.65. The van der Waals surface area contributed by atoms with Crippen LogP contribution in [0.15, 0.2) is 59.9 Å². The molecule has 2 aromatic rings. The standard InChI is InChI=1S/C20H21N3O5/c1-13-19(23(25)26)18(16-10-9-15(27-2)11-17(16)28-3)21-20(24)22(13)12-14-7-5-4-6-8-14/h4-11,18H,12H2,1-3H3,(H,21,24). The minimum absolute atomic E-state index is 0.0982.